The van der Waals surface area contributed by atoms with Crippen LogP contribution in [-0.4, -0.2) is 73.5 Å². The summed E-state index contributed by atoms with van der Waals surface area (Å²) in [6.07, 6.45) is 29.7. The number of carbonyl (C=O) groups excluding carboxylic acids is 3. The fraction of sp³-hybridized carbons (Fsp3) is 0.919. The van der Waals surface area contributed by atoms with Gasteiger partial charge in [0.2, 0.25) is 11.8 Å². The molecule has 1 rings (SSSR count). The van der Waals surface area contributed by atoms with E-state index in [0.29, 0.717) is 26.0 Å². The van der Waals surface area contributed by atoms with Gasteiger partial charge in [-0.3, -0.25) is 9.59 Å². The second-order valence-electron chi connectivity index (χ2n) is 13.6. The Balaban J connectivity index is 2.34. The van der Waals surface area contributed by atoms with E-state index >= 15 is 0 Å². The predicted octanol–water partition coefficient (Wildman–Crippen LogP) is 8.58. The number of amides is 2. The molecule has 1 heterocycles. The SMILES string of the molecule is CCCCCCCCCCCCCCOC(=O)[C@@H]1C[C@@H](NC(=O)CN(C)C)CN1C(=O)CCCCCCCCCCCCC. The van der Waals surface area contributed by atoms with Crippen LogP contribution in [0.15, 0.2) is 0 Å². The number of hydrogen-bond donors (Lipinski definition) is 1. The number of ether oxygens (including phenoxy) is 1. The van der Waals surface area contributed by atoms with Crippen molar-refractivity contribution in [1.82, 2.24) is 15.1 Å². The van der Waals surface area contributed by atoms with Gasteiger partial charge in [0.05, 0.1) is 13.2 Å². The quantitative estimate of drug-likeness (QED) is 0.0669. The fourth-order valence-electron chi connectivity index (χ4n) is 6.30. The van der Waals surface area contributed by atoms with E-state index in [2.05, 4.69) is 19.2 Å². The molecule has 7 nitrogen and oxygen atoms in total. The van der Waals surface area contributed by atoms with Crippen LogP contribution in [0.5, 0.6) is 0 Å². The van der Waals surface area contributed by atoms with Crippen LogP contribution in [0.1, 0.15) is 174 Å². The first-order valence-electron chi connectivity index (χ1n) is 18.8. The van der Waals surface area contributed by atoms with Gasteiger partial charge in [-0.05, 0) is 26.9 Å². The number of nitrogens with zero attached hydrogens (tertiary/aromatic N) is 2. The van der Waals surface area contributed by atoms with Crippen LogP contribution in [0.2, 0.25) is 0 Å². The van der Waals surface area contributed by atoms with Gasteiger partial charge in [0.1, 0.15) is 6.04 Å². The molecule has 0 aliphatic carbocycles. The molecule has 1 saturated heterocycles. The first-order chi connectivity index (χ1) is 21.4. The van der Waals surface area contributed by atoms with E-state index in [9.17, 15) is 14.4 Å². The summed E-state index contributed by atoms with van der Waals surface area (Å²) in [5, 5.41) is 3.03. The number of rotatable bonds is 29. The van der Waals surface area contributed by atoms with Crippen molar-refractivity contribution in [2.45, 2.75) is 186 Å². The number of likely N-dealkylation sites (tertiary alicyclic amines) is 1. The largest absolute Gasteiger partial charge is 0.464 e. The number of carbonyl (C=O) groups is 3. The molecule has 2 amide bonds. The average molecular weight is 622 g/mol. The second-order valence-corrected chi connectivity index (χ2v) is 13.6. The summed E-state index contributed by atoms with van der Waals surface area (Å²) < 4.78 is 5.67. The summed E-state index contributed by atoms with van der Waals surface area (Å²) in [6.45, 7) is 5.59. The molecule has 0 spiro atoms. The molecule has 0 aromatic carbocycles. The lowest BCUT2D eigenvalue weighted by atomic mass is 10.0. The fourth-order valence-corrected chi connectivity index (χ4v) is 6.30. The molecule has 0 bridgehead atoms. The van der Waals surface area contributed by atoms with Crippen LogP contribution >= 0.6 is 0 Å². The maximum atomic E-state index is 13.2. The van der Waals surface area contributed by atoms with Crippen LogP contribution < -0.4 is 5.32 Å². The standard InChI is InChI=1S/C37H71N3O4/c1-5-7-9-11-13-15-17-19-21-23-25-27-29-44-37(43)34-30-33(38-35(41)32-39(3)4)31-40(34)36(42)28-26-24-22-20-18-16-14-12-10-8-6-2/h33-34H,5-32H2,1-4H3,(H,38,41)/t33-,34+/m1/s1. The van der Waals surface area contributed by atoms with Gasteiger partial charge in [-0.2, -0.15) is 0 Å². The smallest absolute Gasteiger partial charge is 0.328 e. The van der Waals surface area contributed by atoms with Gasteiger partial charge in [0, 0.05) is 25.4 Å². The summed E-state index contributed by atoms with van der Waals surface area (Å²) in [5.41, 5.74) is 0. The third-order valence-corrected chi connectivity index (χ3v) is 8.95. The number of likely N-dealkylation sites (N-methyl/N-ethyl adjacent to an activating group) is 1. The minimum atomic E-state index is -0.600. The lowest BCUT2D eigenvalue weighted by Gasteiger charge is -2.23. The summed E-state index contributed by atoms with van der Waals surface area (Å²) in [5.74, 6) is -0.384. The van der Waals surface area contributed by atoms with Crippen LogP contribution in [0.3, 0.4) is 0 Å². The van der Waals surface area contributed by atoms with Gasteiger partial charge in [-0.1, -0.05) is 149 Å². The van der Waals surface area contributed by atoms with Crippen molar-refractivity contribution >= 4 is 17.8 Å². The molecule has 44 heavy (non-hydrogen) atoms. The van der Waals surface area contributed by atoms with Gasteiger partial charge >= 0.3 is 5.97 Å². The zero-order valence-electron chi connectivity index (χ0n) is 29.5. The molecule has 258 valence electrons. The van der Waals surface area contributed by atoms with Crippen molar-refractivity contribution in [3.8, 4) is 0 Å². The molecule has 0 saturated carbocycles. The Labute approximate surface area is 272 Å². The number of nitrogens with one attached hydrogen (secondary N) is 1. The third-order valence-electron chi connectivity index (χ3n) is 8.95. The minimum absolute atomic E-state index is 0.0117. The Morgan fingerprint density at radius 3 is 1.55 bits per heavy atom. The summed E-state index contributed by atoms with van der Waals surface area (Å²) in [7, 11) is 3.71. The van der Waals surface area contributed by atoms with Crippen LogP contribution in [-0.2, 0) is 19.1 Å². The highest BCUT2D eigenvalue weighted by Gasteiger charge is 2.40. The van der Waals surface area contributed by atoms with Crippen molar-refractivity contribution in [2.75, 3.05) is 33.8 Å². The molecule has 1 N–H and O–H groups in total. The Bertz CT molecular complexity index is 730. The Hall–Kier alpha value is -1.63. The van der Waals surface area contributed by atoms with Crippen LogP contribution in [0.25, 0.3) is 0 Å². The highest BCUT2D eigenvalue weighted by molar-refractivity contribution is 5.86. The lowest BCUT2D eigenvalue weighted by Crippen LogP contribution is -2.43. The zero-order valence-corrected chi connectivity index (χ0v) is 29.5. The molecule has 0 aromatic heterocycles. The highest BCUT2D eigenvalue weighted by Crippen LogP contribution is 2.22. The summed E-state index contributed by atoms with van der Waals surface area (Å²) in [6, 6.07) is -0.815. The van der Waals surface area contributed by atoms with E-state index in [1.54, 1.807) is 4.90 Å². The van der Waals surface area contributed by atoms with Gasteiger partial charge in [0.25, 0.3) is 0 Å². The topological polar surface area (TPSA) is 79.0 Å². The molecule has 1 fully saturated rings. The van der Waals surface area contributed by atoms with Gasteiger partial charge in [0.15, 0.2) is 0 Å². The molecule has 0 aromatic rings. The lowest BCUT2D eigenvalue weighted by molar-refractivity contribution is -0.153. The third kappa shape index (κ3) is 21.2. The van der Waals surface area contributed by atoms with Gasteiger partial charge < -0.3 is 19.9 Å². The van der Waals surface area contributed by atoms with E-state index in [1.807, 2.05) is 19.0 Å². The molecule has 0 radical (unpaired) electrons. The van der Waals surface area contributed by atoms with E-state index in [0.717, 1.165) is 32.1 Å². The zero-order chi connectivity index (χ0) is 32.3. The minimum Gasteiger partial charge on any atom is -0.464 e. The normalized spacial score (nSPS) is 16.5. The first kappa shape index (κ1) is 40.4. The highest BCUT2D eigenvalue weighted by atomic mass is 16.5. The molecule has 1 aliphatic rings. The first-order valence-corrected chi connectivity index (χ1v) is 18.8. The Morgan fingerprint density at radius 1 is 0.659 bits per heavy atom. The van der Waals surface area contributed by atoms with E-state index in [-0.39, 0.29) is 30.4 Å². The molecular weight excluding hydrogens is 550 g/mol. The van der Waals surface area contributed by atoms with Crippen molar-refractivity contribution in [3.05, 3.63) is 0 Å². The van der Waals surface area contributed by atoms with E-state index < -0.39 is 6.04 Å². The van der Waals surface area contributed by atoms with Gasteiger partial charge in [-0.25, -0.2) is 4.79 Å². The van der Waals surface area contributed by atoms with Crippen molar-refractivity contribution < 1.29 is 19.1 Å². The van der Waals surface area contributed by atoms with Crippen molar-refractivity contribution in [1.29, 1.82) is 0 Å². The van der Waals surface area contributed by atoms with Crippen molar-refractivity contribution in [3.63, 3.8) is 0 Å². The number of esters is 1. The average Bonchev–Trinajstić information content (AvgIpc) is 3.41. The number of unbranched alkanes of at least 4 members (excludes halogenated alkanes) is 21. The Kier molecular flexibility index (Phi) is 25.4. The molecule has 0 unspecified atom stereocenters. The summed E-state index contributed by atoms with van der Waals surface area (Å²) >= 11 is 0. The maximum absolute atomic E-state index is 13.2. The van der Waals surface area contributed by atoms with E-state index in [1.165, 1.54) is 116 Å². The molecule has 1 aliphatic heterocycles. The second kappa shape index (κ2) is 27.7. The van der Waals surface area contributed by atoms with Crippen LogP contribution in [0.4, 0.5) is 0 Å². The number of hydrogen-bond acceptors (Lipinski definition) is 5. The van der Waals surface area contributed by atoms with E-state index in [4.69, 9.17) is 4.74 Å². The summed E-state index contributed by atoms with van der Waals surface area (Å²) in [4.78, 5) is 42.2. The Morgan fingerprint density at radius 2 is 1.09 bits per heavy atom. The monoisotopic (exact) mass is 622 g/mol. The molecule has 7 heteroatoms. The molecule has 2 atom stereocenters. The maximum Gasteiger partial charge on any atom is 0.328 e. The van der Waals surface area contributed by atoms with Gasteiger partial charge in [-0.15, -0.1) is 0 Å². The van der Waals surface area contributed by atoms with Crippen molar-refractivity contribution in [2.24, 2.45) is 0 Å². The predicted molar refractivity (Wildman–Crippen MR) is 184 cm³/mol. The van der Waals surface area contributed by atoms with Crippen LogP contribution in [0, 0.1) is 0 Å². The molecular formula is C37H71N3O4.